The maximum absolute atomic E-state index is 11.3. The number of aliphatic hydroxyl groups excluding tert-OH is 2. The van der Waals surface area contributed by atoms with E-state index in [2.05, 4.69) is 69.8 Å². The molecule has 0 aliphatic carbocycles. The smallest absolute Gasteiger partial charge is 0.259 e. The van der Waals surface area contributed by atoms with Gasteiger partial charge in [0.2, 0.25) is 0 Å². The highest BCUT2D eigenvalue weighted by atomic mass is 16.3. The van der Waals surface area contributed by atoms with Crippen molar-refractivity contribution in [2.24, 2.45) is 11.8 Å². The molecule has 2 aromatic carbocycles. The Bertz CT molecular complexity index is 1270. The van der Waals surface area contributed by atoms with Gasteiger partial charge in [-0.05, 0) is 36.8 Å². The van der Waals surface area contributed by atoms with Gasteiger partial charge in [0, 0.05) is 26.2 Å². The number of amides is 2. The molecule has 0 spiro atoms. The number of aliphatic hydroxyl groups is 2. The van der Waals surface area contributed by atoms with Crippen molar-refractivity contribution in [2.75, 3.05) is 13.1 Å². The fourth-order valence-corrected chi connectivity index (χ4v) is 4.92. The molecule has 250 valence electrons. The van der Waals surface area contributed by atoms with Crippen LogP contribution < -0.4 is 21.3 Å². The van der Waals surface area contributed by atoms with Crippen LogP contribution in [-0.4, -0.2) is 58.8 Å². The Morgan fingerprint density at radius 3 is 1.26 bits per heavy atom. The molecule has 0 bridgehead atoms. The number of rotatable bonds is 13. The zero-order valence-corrected chi connectivity index (χ0v) is 27.9. The summed E-state index contributed by atoms with van der Waals surface area (Å²) in [5.41, 5.74) is 2.49. The molecule has 4 rings (SSSR count). The number of hydrogen-bond acceptors (Lipinski definition) is 8. The predicted octanol–water partition coefficient (Wildman–Crippen LogP) is 4.43. The molecule has 4 atom stereocenters. The monoisotopic (exact) mass is 634 g/mol. The highest BCUT2D eigenvalue weighted by Crippen LogP contribution is 2.24. The lowest BCUT2D eigenvalue weighted by Crippen LogP contribution is -2.34. The quantitative estimate of drug-likeness (QED) is 0.140. The lowest BCUT2D eigenvalue weighted by atomic mass is 9.97. The van der Waals surface area contributed by atoms with Crippen LogP contribution in [0.5, 0.6) is 0 Å². The van der Waals surface area contributed by atoms with E-state index in [1.54, 1.807) is 0 Å². The van der Waals surface area contributed by atoms with Crippen molar-refractivity contribution in [1.82, 2.24) is 21.3 Å². The third-order valence-corrected chi connectivity index (χ3v) is 8.08. The Hall–Kier alpha value is -4.28. The Labute approximate surface area is 272 Å². The second-order valence-corrected chi connectivity index (χ2v) is 11.6. The fraction of sp³-hybridized carbons (Fsp3) is 0.444. The van der Waals surface area contributed by atoms with E-state index in [4.69, 9.17) is 0 Å². The summed E-state index contributed by atoms with van der Waals surface area (Å²) in [6.07, 6.45) is 1.67. The van der Waals surface area contributed by atoms with Crippen LogP contribution in [0, 0.1) is 11.8 Å². The van der Waals surface area contributed by atoms with Crippen LogP contribution >= 0.6 is 0 Å². The minimum atomic E-state index is -0.458. The molecule has 6 N–H and O–H groups in total. The average molecular weight is 635 g/mol. The van der Waals surface area contributed by atoms with E-state index in [1.165, 1.54) is 25.0 Å². The van der Waals surface area contributed by atoms with Gasteiger partial charge in [0.25, 0.3) is 11.8 Å². The molecule has 2 amide bonds. The van der Waals surface area contributed by atoms with E-state index in [1.807, 2.05) is 39.8 Å². The summed E-state index contributed by atoms with van der Waals surface area (Å²) in [5.74, 6) is -1.61. The summed E-state index contributed by atoms with van der Waals surface area (Å²) in [7, 11) is 0. The number of Topliss-reactive ketones (excluding diaryl/α,β-unsaturated/α-hetero) is 2. The summed E-state index contributed by atoms with van der Waals surface area (Å²) >= 11 is 0. The van der Waals surface area contributed by atoms with E-state index in [-0.39, 0.29) is 46.1 Å². The SMILES string of the molecule is CC[C@H](C)[C@@H]1NC(=O)C(C(C)=O)=C1O.CC[C@H](C)[C@@H]1NC(=O)C(C(C)=O)=C1O.c1ccc(CNCCNCc2ccccc2)cc1. The van der Waals surface area contributed by atoms with Gasteiger partial charge in [-0.2, -0.15) is 0 Å². The molecular formula is C36H50N4O6. The van der Waals surface area contributed by atoms with Gasteiger partial charge in [0.1, 0.15) is 22.7 Å². The van der Waals surface area contributed by atoms with E-state index in [0.29, 0.717) is 0 Å². The van der Waals surface area contributed by atoms with Crippen molar-refractivity contribution in [3.63, 3.8) is 0 Å². The molecule has 10 heteroatoms. The van der Waals surface area contributed by atoms with Crippen LogP contribution in [0.25, 0.3) is 0 Å². The summed E-state index contributed by atoms with van der Waals surface area (Å²) in [5, 5.41) is 31.4. The van der Waals surface area contributed by atoms with Crippen LogP contribution in [0.3, 0.4) is 0 Å². The maximum atomic E-state index is 11.3. The first-order valence-electron chi connectivity index (χ1n) is 15.9. The second kappa shape index (κ2) is 19.3. The van der Waals surface area contributed by atoms with Gasteiger partial charge in [-0.25, -0.2) is 0 Å². The third kappa shape index (κ3) is 11.3. The number of ketones is 2. The lowest BCUT2D eigenvalue weighted by molar-refractivity contribution is -0.122. The predicted molar refractivity (Wildman–Crippen MR) is 180 cm³/mol. The van der Waals surface area contributed by atoms with Crippen LogP contribution in [0.1, 0.15) is 65.5 Å². The molecular weight excluding hydrogens is 584 g/mol. The van der Waals surface area contributed by atoms with Crippen molar-refractivity contribution in [3.8, 4) is 0 Å². The molecule has 0 fully saturated rings. The molecule has 2 aliphatic rings. The molecule has 0 saturated heterocycles. The van der Waals surface area contributed by atoms with E-state index in [0.717, 1.165) is 39.0 Å². The Balaban J connectivity index is 0.000000243. The van der Waals surface area contributed by atoms with Gasteiger partial charge in [-0.15, -0.1) is 0 Å². The van der Waals surface area contributed by atoms with Gasteiger partial charge in [-0.3, -0.25) is 19.2 Å². The van der Waals surface area contributed by atoms with Crippen LogP contribution in [0.4, 0.5) is 0 Å². The first-order valence-corrected chi connectivity index (χ1v) is 15.9. The van der Waals surface area contributed by atoms with Crippen molar-refractivity contribution in [1.29, 1.82) is 0 Å². The Kier molecular flexibility index (Phi) is 15.9. The van der Waals surface area contributed by atoms with E-state index < -0.39 is 23.9 Å². The minimum Gasteiger partial charge on any atom is -0.509 e. The van der Waals surface area contributed by atoms with Gasteiger partial charge in [-0.1, -0.05) is 101 Å². The first kappa shape index (κ1) is 37.9. The summed E-state index contributed by atoms with van der Waals surface area (Å²) in [4.78, 5) is 44.7. The van der Waals surface area contributed by atoms with Crippen molar-refractivity contribution >= 4 is 23.4 Å². The number of benzene rings is 2. The number of nitrogens with one attached hydrogen (secondary N) is 4. The number of carbonyl (C=O) groups excluding carboxylic acids is 4. The summed E-state index contributed by atoms with van der Waals surface area (Å²) in [6.45, 7) is 14.2. The van der Waals surface area contributed by atoms with Crippen LogP contribution in [0.15, 0.2) is 83.3 Å². The van der Waals surface area contributed by atoms with E-state index >= 15 is 0 Å². The topological polar surface area (TPSA) is 157 Å². The van der Waals surface area contributed by atoms with Crippen molar-refractivity contribution in [3.05, 3.63) is 94.5 Å². The lowest BCUT2D eigenvalue weighted by Gasteiger charge is -2.17. The zero-order valence-electron chi connectivity index (χ0n) is 27.9. The zero-order chi connectivity index (χ0) is 34.2. The van der Waals surface area contributed by atoms with Gasteiger partial charge in [0.15, 0.2) is 11.6 Å². The number of hydrogen-bond donors (Lipinski definition) is 6. The maximum Gasteiger partial charge on any atom is 0.259 e. The molecule has 0 unspecified atom stereocenters. The first-order chi connectivity index (χ1) is 21.9. The third-order valence-electron chi connectivity index (χ3n) is 8.08. The molecule has 0 radical (unpaired) electrons. The normalized spacial score (nSPS) is 18.5. The largest absolute Gasteiger partial charge is 0.509 e. The molecule has 10 nitrogen and oxygen atoms in total. The fourth-order valence-electron chi connectivity index (χ4n) is 4.92. The standard InChI is InChI=1S/C16H20N2.2C10H15NO3/c1-3-7-15(8-4-1)13-17-11-12-18-14-16-9-5-2-6-10-16;2*1-4-5(2)8-9(13)7(6(3)12)10(14)11-8/h1-10,17-18H,11-14H2;2*5,8,13H,4H2,1-3H3,(H,11,14)/t;2*5-,8-/m.00/s1. The summed E-state index contributed by atoms with van der Waals surface area (Å²) in [6, 6.07) is 20.2. The van der Waals surface area contributed by atoms with Crippen LogP contribution in [-0.2, 0) is 32.3 Å². The highest BCUT2D eigenvalue weighted by molar-refractivity contribution is 6.21. The minimum absolute atomic E-state index is 0.0877. The van der Waals surface area contributed by atoms with Gasteiger partial charge >= 0.3 is 0 Å². The second-order valence-electron chi connectivity index (χ2n) is 11.6. The van der Waals surface area contributed by atoms with Gasteiger partial charge in [0.05, 0.1) is 12.1 Å². The summed E-state index contributed by atoms with van der Waals surface area (Å²) < 4.78 is 0. The van der Waals surface area contributed by atoms with Crippen molar-refractivity contribution < 1.29 is 29.4 Å². The van der Waals surface area contributed by atoms with E-state index in [9.17, 15) is 29.4 Å². The molecule has 2 heterocycles. The average Bonchev–Trinajstić information content (AvgIpc) is 3.52. The Morgan fingerprint density at radius 2 is 1.00 bits per heavy atom. The molecule has 0 saturated carbocycles. The Morgan fingerprint density at radius 1 is 0.674 bits per heavy atom. The molecule has 46 heavy (non-hydrogen) atoms. The molecule has 2 aliphatic heterocycles. The molecule has 2 aromatic rings. The number of carbonyl (C=O) groups is 4. The molecule has 0 aromatic heterocycles. The van der Waals surface area contributed by atoms with Crippen LogP contribution in [0.2, 0.25) is 0 Å². The van der Waals surface area contributed by atoms with Gasteiger partial charge < -0.3 is 31.5 Å². The highest BCUT2D eigenvalue weighted by Gasteiger charge is 2.37. The van der Waals surface area contributed by atoms with Crippen molar-refractivity contribution in [2.45, 2.75) is 79.6 Å².